The number of carbonyl (C=O) groups is 1. The van der Waals surface area contributed by atoms with Crippen molar-refractivity contribution in [2.24, 2.45) is 5.92 Å². The minimum Gasteiger partial charge on any atom is -0.484 e. The van der Waals surface area contributed by atoms with Gasteiger partial charge in [-0.15, -0.1) is 0 Å². The number of aryl methyl sites for hydroxylation is 2. The Morgan fingerprint density at radius 1 is 1.33 bits per heavy atom. The second-order valence-electron chi connectivity index (χ2n) is 4.70. The van der Waals surface area contributed by atoms with Gasteiger partial charge in [0.25, 0.3) is 5.91 Å². The lowest BCUT2D eigenvalue weighted by atomic mass is 10.1. The predicted molar refractivity (Wildman–Crippen MR) is 70.7 cm³/mol. The number of aliphatic hydroxyl groups is 1. The predicted octanol–water partition coefficient (Wildman–Crippen LogP) is 1.43. The molecule has 0 heterocycles. The summed E-state index contributed by atoms with van der Waals surface area (Å²) in [5.74, 6) is 0.600. The fourth-order valence-corrected chi connectivity index (χ4v) is 1.57. The van der Waals surface area contributed by atoms with Crippen LogP contribution < -0.4 is 10.1 Å². The van der Waals surface area contributed by atoms with Gasteiger partial charge in [0.2, 0.25) is 0 Å². The number of carbonyl (C=O) groups excluding carboxylic acids is 1. The molecule has 1 aromatic rings. The van der Waals surface area contributed by atoms with Crippen molar-refractivity contribution in [2.75, 3.05) is 19.8 Å². The first-order valence-electron chi connectivity index (χ1n) is 6.10. The summed E-state index contributed by atoms with van der Waals surface area (Å²) in [6.45, 7) is 6.38. The van der Waals surface area contributed by atoms with E-state index in [4.69, 9.17) is 9.84 Å². The summed E-state index contributed by atoms with van der Waals surface area (Å²) >= 11 is 0. The van der Waals surface area contributed by atoms with E-state index in [1.807, 2.05) is 32.9 Å². The number of ether oxygens (including phenoxy) is 1. The molecule has 0 fully saturated rings. The van der Waals surface area contributed by atoms with Crippen molar-refractivity contribution in [3.8, 4) is 5.75 Å². The molecule has 1 unspecified atom stereocenters. The van der Waals surface area contributed by atoms with Crippen molar-refractivity contribution in [2.45, 2.75) is 20.8 Å². The molecule has 0 aliphatic rings. The highest BCUT2D eigenvalue weighted by molar-refractivity contribution is 5.77. The first-order valence-corrected chi connectivity index (χ1v) is 6.10. The molecule has 18 heavy (non-hydrogen) atoms. The first kappa shape index (κ1) is 14.5. The van der Waals surface area contributed by atoms with E-state index in [0.29, 0.717) is 12.3 Å². The Morgan fingerprint density at radius 2 is 1.94 bits per heavy atom. The molecule has 0 bridgehead atoms. The largest absolute Gasteiger partial charge is 0.484 e. The summed E-state index contributed by atoms with van der Waals surface area (Å²) in [5, 5.41) is 11.5. The average Bonchev–Trinajstić information content (AvgIpc) is 2.32. The van der Waals surface area contributed by atoms with E-state index >= 15 is 0 Å². The molecule has 0 spiro atoms. The molecule has 1 rings (SSSR count). The minimum absolute atomic E-state index is 0.00103. The van der Waals surface area contributed by atoms with Crippen LogP contribution in [-0.4, -0.2) is 30.8 Å². The summed E-state index contributed by atoms with van der Waals surface area (Å²) in [4.78, 5) is 11.5. The Morgan fingerprint density at radius 3 is 2.50 bits per heavy atom. The Hall–Kier alpha value is -1.55. The third-order valence-corrected chi connectivity index (χ3v) is 2.52. The fraction of sp³-hybridized carbons (Fsp3) is 0.500. The van der Waals surface area contributed by atoms with Gasteiger partial charge in [-0.05, 0) is 43.0 Å². The van der Waals surface area contributed by atoms with Crippen molar-refractivity contribution in [3.05, 3.63) is 29.3 Å². The van der Waals surface area contributed by atoms with E-state index in [1.165, 1.54) is 0 Å². The summed E-state index contributed by atoms with van der Waals surface area (Å²) in [7, 11) is 0. The van der Waals surface area contributed by atoms with E-state index in [2.05, 4.69) is 11.4 Å². The highest BCUT2D eigenvalue weighted by Crippen LogP contribution is 2.15. The molecule has 0 saturated heterocycles. The number of benzene rings is 1. The van der Waals surface area contributed by atoms with Gasteiger partial charge in [-0.3, -0.25) is 4.79 Å². The first-order chi connectivity index (χ1) is 8.51. The SMILES string of the molecule is Cc1cc(C)cc(OCC(=O)NCC(C)CO)c1. The number of hydrogen-bond donors (Lipinski definition) is 2. The van der Waals surface area contributed by atoms with Gasteiger partial charge in [-0.1, -0.05) is 13.0 Å². The normalized spacial score (nSPS) is 12.0. The molecule has 1 atom stereocenters. The second kappa shape index (κ2) is 7.01. The molecule has 1 amide bonds. The van der Waals surface area contributed by atoms with Gasteiger partial charge in [-0.25, -0.2) is 0 Å². The quantitative estimate of drug-likeness (QED) is 0.804. The maximum absolute atomic E-state index is 11.5. The molecule has 0 aliphatic carbocycles. The standard InChI is InChI=1S/C14H21NO3/c1-10-4-11(2)6-13(5-10)18-9-14(17)15-7-12(3)8-16/h4-6,12,16H,7-9H2,1-3H3,(H,15,17). The Labute approximate surface area is 108 Å². The number of aliphatic hydroxyl groups excluding tert-OH is 1. The molecular weight excluding hydrogens is 230 g/mol. The zero-order chi connectivity index (χ0) is 13.5. The molecule has 4 nitrogen and oxygen atoms in total. The Kier molecular flexibility index (Phi) is 5.65. The molecule has 1 aromatic carbocycles. The lowest BCUT2D eigenvalue weighted by Crippen LogP contribution is -2.33. The number of nitrogens with one attached hydrogen (secondary N) is 1. The van der Waals surface area contributed by atoms with Crippen molar-refractivity contribution < 1.29 is 14.6 Å². The lowest BCUT2D eigenvalue weighted by Gasteiger charge is -2.11. The Bertz CT molecular complexity index is 384. The maximum atomic E-state index is 11.5. The van der Waals surface area contributed by atoms with Gasteiger partial charge in [0.05, 0.1) is 0 Å². The smallest absolute Gasteiger partial charge is 0.257 e. The van der Waals surface area contributed by atoms with Gasteiger partial charge in [0.1, 0.15) is 5.75 Å². The highest BCUT2D eigenvalue weighted by atomic mass is 16.5. The lowest BCUT2D eigenvalue weighted by molar-refractivity contribution is -0.123. The Balaban J connectivity index is 2.38. The van der Waals surface area contributed by atoms with Gasteiger partial charge in [0, 0.05) is 13.2 Å². The zero-order valence-electron chi connectivity index (χ0n) is 11.2. The maximum Gasteiger partial charge on any atom is 0.257 e. The molecule has 4 heteroatoms. The van der Waals surface area contributed by atoms with Crippen molar-refractivity contribution in [1.29, 1.82) is 0 Å². The average molecular weight is 251 g/mol. The van der Waals surface area contributed by atoms with Gasteiger partial charge in [0.15, 0.2) is 6.61 Å². The van der Waals surface area contributed by atoms with Crippen LogP contribution >= 0.6 is 0 Å². The van der Waals surface area contributed by atoms with Crippen LogP contribution in [0.15, 0.2) is 18.2 Å². The van der Waals surface area contributed by atoms with Crippen LogP contribution in [0.2, 0.25) is 0 Å². The third-order valence-electron chi connectivity index (χ3n) is 2.52. The van der Waals surface area contributed by atoms with Crippen LogP contribution in [0.3, 0.4) is 0 Å². The fourth-order valence-electron chi connectivity index (χ4n) is 1.57. The van der Waals surface area contributed by atoms with Crippen LogP contribution in [0.4, 0.5) is 0 Å². The monoisotopic (exact) mass is 251 g/mol. The molecule has 0 radical (unpaired) electrons. The van der Waals surface area contributed by atoms with Gasteiger partial charge < -0.3 is 15.2 Å². The molecule has 0 saturated carbocycles. The van der Waals surface area contributed by atoms with Crippen LogP contribution in [0.1, 0.15) is 18.1 Å². The highest BCUT2D eigenvalue weighted by Gasteiger charge is 2.05. The number of amides is 1. The summed E-state index contributed by atoms with van der Waals surface area (Å²) < 4.78 is 5.42. The number of rotatable bonds is 6. The van der Waals surface area contributed by atoms with E-state index in [1.54, 1.807) is 0 Å². The summed E-state index contributed by atoms with van der Waals surface area (Å²) in [6, 6.07) is 5.85. The minimum atomic E-state index is -0.172. The van der Waals surface area contributed by atoms with E-state index in [9.17, 15) is 4.79 Å². The molecule has 100 valence electrons. The van der Waals surface area contributed by atoms with Crippen molar-refractivity contribution in [1.82, 2.24) is 5.32 Å². The molecular formula is C14H21NO3. The van der Waals surface area contributed by atoms with Crippen LogP contribution in [0.25, 0.3) is 0 Å². The van der Waals surface area contributed by atoms with Crippen LogP contribution in [-0.2, 0) is 4.79 Å². The van der Waals surface area contributed by atoms with E-state index < -0.39 is 0 Å². The molecule has 0 aliphatic heterocycles. The second-order valence-corrected chi connectivity index (χ2v) is 4.70. The van der Waals surface area contributed by atoms with Crippen molar-refractivity contribution in [3.63, 3.8) is 0 Å². The molecule has 0 aromatic heterocycles. The summed E-state index contributed by atoms with van der Waals surface area (Å²) in [6.07, 6.45) is 0. The van der Waals surface area contributed by atoms with Crippen LogP contribution in [0.5, 0.6) is 5.75 Å². The molecule has 2 N–H and O–H groups in total. The summed E-state index contributed by atoms with van der Waals surface area (Å²) in [5.41, 5.74) is 2.22. The van der Waals surface area contributed by atoms with E-state index in [-0.39, 0.29) is 25.0 Å². The van der Waals surface area contributed by atoms with Crippen molar-refractivity contribution >= 4 is 5.91 Å². The van der Waals surface area contributed by atoms with Gasteiger partial charge >= 0.3 is 0 Å². The van der Waals surface area contributed by atoms with Crippen LogP contribution in [0, 0.1) is 19.8 Å². The van der Waals surface area contributed by atoms with E-state index in [0.717, 1.165) is 11.1 Å². The van der Waals surface area contributed by atoms with Gasteiger partial charge in [-0.2, -0.15) is 0 Å². The zero-order valence-corrected chi connectivity index (χ0v) is 11.2. The number of hydrogen-bond acceptors (Lipinski definition) is 3. The third kappa shape index (κ3) is 5.19. The topological polar surface area (TPSA) is 58.6 Å².